The summed E-state index contributed by atoms with van der Waals surface area (Å²) in [6.45, 7) is 4.18. The Kier molecular flexibility index (Phi) is 4.55. The third-order valence-electron chi connectivity index (χ3n) is 2.60. The van der Waals surface area contributed by atoms with Gasteiger partial charge in [0.1, 0.15) is 4.90 Å². The molecule has 6 N–H and O–H groups in total. The number of hydrogen-bond acceptors (Lipinski definition) is 5. The molecule has 0 spiro atoms. The normalized spacial score (nSPS) is 13.6. The summed E-state index contributed by atoms with van der Waals surface area (Å²) in [4.78, 5) is -0.0996. The first-order chi connectivity index (χ1) is 8.21. The molecular weight excluding hydrogens is 254 g/mol. The number of anilines is 2. The zero-order valence-electron chi connectivity index (χ0n) is 10.4. The molecule has 0 heterocycles. The molecule has 6 nitrogen and oxygen atoms in total. The van der Waals surface area contributed by atoms with Crippen molar-refractivity contribution in [1.82, 2.24) is 0 Å². The molecule has 0 radical (unpaired) electrons. The Labute approximate surface area is 107 Å². The van der Waals surface area contributed by atoms with Crippen molar-refractivity contribution in [3.63, 3.8) is 0 Å². The van der Waals surface area contributed by atoms with Gasteiger partial charge in [-0.15, -0.1) is 0 Å². The fraction of sp³-hybridized carbons (Fsp3) is 0.455. The zero-order chi connectivity index (χ0) is 13.9. The van der Waals surface area contributed by atoms with Gasteiger partial charge in [0, 0.05) is 12.2 Å². The van der Waals surface area contributed by atoms with Crippen molar-refractivity contribution in [2.24, 2.45) is 11.1 Å². The Morgan fingerprint density at radius 2 is 2.00 bits per heavy atom. The molecule has 1 unspecified atom stereocenters. The second-order valence-corrected chi connectivity index (χ2v) is 6.02. The van der Waals surface area contributed by atoms with Crippen molar-refractivity contribution in [3.05, 3.63) is 18.2 Å². The molecule has 0 aliphatic heterocycles. The van der Waals surface area contributed by atoms with Crippen molar-refractivity contribution in [2.75, 3.05) is 17.6 Å². The second kappa shape index (κ2) is 5.55. The second-order valence-electron chi connectivity index (χ2n) is 4.49. The molecule has 0 aliphatic carbocycles. The molecule has 102 valence electrons. The monoisotopic (exact) mass is 273 g/mol. The lowest BCUT2D eigenvalue weighted by Gasteiger charge is -2.16. The van der Waals surface area contributed by atoms with Gasteiger partial charge in [0.25, 0.3) is 0 Å². The lowest BCUT2D eigenvalue weighted by atomic mass is 10.1. The van der Waals surface area contributed by atoms with Crippen molar-refractivity contribution in [3.8, 4) is 0 Å². The molecule has 0 aliphatic rings. The van der Waals surface area contributed by atoms with Crippen LogP contribution in [-0.4, -0.2) is 26.2 Å². The van der Waals surface area contributed by atoms with Crippen LogP contribution < -0.4 is 16.2 Å². The smallest absolute Gasteiger partial charge is 0.240 e. The summed E-state index contributed by atoms with van der Waals surface area (Å²) in [6, 6.07) is 4.38. The molecule has 0 aromatic heterocycles. The zero-order valence-corrected chi connectivity index (χ0v) is 11.2. The fourth-order valence-corrected chi connectivity index (χ4v) is 2.02. The van der Waals surface area contributed by atoms with E-state index in [0.29, 0.717) is 12.2 Å². The van der Waals surface area contributed by atoms with Crippen LogP contribution in [0.5, 0.6) is 0 Å². The van der Waals surface area contributed by atoms with Gasteiger partial charge in [-0.3, -0.25) is 0 Å². The molecular formula is C11H19N3O3S. The van der Waals surface area contributed by atoms with Crippen LogP contribution in [0.2, 0.25) is 0 Å². The summed E-state index contributed by atoms with van der Waals surface area (Å²) in [6.07, 6.45) is -0.482. The predicted molar refractivity (Wildman–Crippen MR) is 71.6 cm³/mol. The summed E-state index contributed by atoms with van der Waals surface area (Å²) >= 11 is 0. The SMILES string of the molecule is CC(C)C(O)CNc1ccc(S(N)(=O)=O)c(N)c1. The third-order valence-corrected chi connectivity index (χ3v) is 3.59. The molecule has 7 heteroatoms. The summed E-state index contributed by atoms with van der Waals surface area (Å²) < 4.78 is 22.3. The van der Waals surface area contributed by atoms with E-state index in [1.807, 2.05) is 13.8 Å². The van der Waals surface area contributed by atoms with Crippen LogP contribution in [0.3, 0.4) is 0 Å². The van der Waals surface area contributed by atoms with Crippen molar-refractivity contribution in [1.29, 1.82) is 0 Å². The van der Waals surface area contributed by atoms with Gasteiger partial charge in [0.05, 0.1) is 11.8 Å². The largest absolute Gasteiger partial charge is 0.398 e. The number of benzene rings is 1. The maximum absolute atomic E-state index is 11.2. The Morgan fingerprint density at radius 3 is 2.44 bits per heavy atom. The number of rotatable bonds is 5. The highest BCUT2D eigenvalue weighted by Crippen LogP contribution is 2.21. The number of aliphatic hydroxyl groups excluding tert-OH is 1. The highest BCUT2D eigenvalue weighted by atomic mass is 32.2. The molecule has 0 saturated heterocycles. The Balaban J connectivity index is 2.80. The maximum Gasteiger partial charge on any atom is 0.240 e. The van der Waals surface area contributed by atoms with E-state index in [9.17, 15) is 13.5 Å². The van der Waals surface area contributed by atoms with Gasteiger partial charge >= 0.3 is 0 Å². The number of primary sulfonamides is 1. The quantitative estimate of drug-likeness (QED) is 0.577. The molecule has 18 heavy (non-hydrogen) atoms. The van der Waals surface area contributed by atoms with Crippen LogP contribution >= 0.6 is 0 Å². The predicted octanol–water partition coefficient (Wildman–Crippen LogP) is 0.345. The molecule has 1 aromatic carbocycles. The van der Waals surface area contributed by atoms with Crippen molar-refractivity contribution in [2.45, 2.75) is 24.8 Å². The van der Waals surface area contributed by atoms with Gasteiger partial charge in [-0.05, 0) is 24.1 Å². The molecule has 1 rings (SSSR count). The molecule has 1 aromatic rings. The van der Waals surface area contributed by atoms with E-state index in [1.165, 1.54) is 12.1 Å². The standard InChI is InChI=1S/C11H19N3O3S/c1-7(2)10(15)6-14-8-3-4-11(9(12)5-8)18(13,16)17/h3-5,7,10,14-15H,6,12H2,1-2H3,(H2,13,16,17). The lowest BCUT2D eigenvalue weighted by Crippen LogP contribution is -2.24. The van der Waals surface area contributed by atoms with E-state index in [1.54, 1.807) is 6.07 Å². The minimum atomic E-state index is -3.80. The summed E-state index contributed by atoms with van der Waals surface area (Å²) in [5.74, 6) is 0.138. The Hall–Kier alpha value is -1.31. The highest BCUT2D eigenvalue weighted by Gasteiger charge is 2.13. The number of hydrogen-bond donors (Lipinski definition) is 4. The van der Waals surface area contributed by atoms with Crippen LogP contribution in [0, 0.1) is 5.92 Å². The number of nitrogens with two attached hydrogens (primary N) is 2. The van der Waals surface area contributed by atoms with E-state index in [-0.39, 0.29) is 16.5 Å². The van der Waals surface area contributed by atoms with Gasteiger partial charge in [0.2, 0.25) is 10.0 Å². The first kappa shape index (κ1) is 14.7. The van der Waals surface area contributed by atoms with Crippen LogP contribution in [-0.2, 0) is 10.0 Å². The highest BCUT2D eigenvalue weighted by molar-refractivity contribution is 7.89. The fourth-order valence-electron chi connectivity index (χ4n) is 1.38. The van der Waals surface area contributed by atoms with Gasteiger partial charge < -0.3 is 16.2 Å². The Bertz CT molecular complexity index is 514. The number of nitrogens with one attached hydrogen (secondary N) is 1. The Morgan fingerprint density at radius 1 is 1.39 bits per heavy atom. The summed E-state index contributed by atoms with van der Waals surface area (Å²) in [5.41, 5.74) is 6.34. The molecule has 0 bridgehead atoms. The summed E-state index contributed by atoms with van der Waals surface area (Å²) in [5, 5.41) is 17.6. The van der Waals surface area contributed by atoms with Crippen LogP contribution in [0.1, 0.15) is 13.8 Å². The molecule has 0 amide bonds. The van der Waals surface area contributed by atoms with E-state index in [0.717, 1.165) is 0 Å². The molecule has 1 atom stereocenters. The minimum Gasteiger partial charge on any atom is -0.398 e. The van der Waals surface area contributed by atoms with E-state index in [4.69, 9.17) is 10.9 Å². The third kappa shape index (κ3) is 3.86. The topological polar surface area (TPSA) is 118 Å². The first-order valence-electron chi connectivity index (χ1n) is 5.56. The van der Waals surface area contributed by atoms with Gasteiger partial charge in [-0.25, -0.2) is 13.6 Å². The van der Waals surface area contributed by atoms with Crippen LogP contribution in [0.25, 0.3) is 0 Å². The lowest BCUT2D eigenvalue weighted by molar-refractivity contribution is 0.138. The molecule has 0 fully saturated rings. The maximum atomic E-state index is 11.2. The van der Waals surface area contributed by atoms with Crippen molar-refractivity contribution < 1.29 is 13.5 Å². The number of sulfonamides is 1. The van der Waals surface area contributed by atoms with Crippen LogP contribution in [0.4, 0.5) is 11.4 Å². The van der Waals surface area contributed by atoms with Gasteiger partial charge in [0.15, 0.2) is 0 Å². The first-order valence-corrected chi connectivity index (χ1v) is 7.10. The minimum absolute atomic E-state index is 0.0848. The molecule has 0 saturated carbocycles. The number of aliphatic hydroxyl groups is 1. The van der Waals surface area contributed by atoms with E-state index in [2.05, 4.69) is 5.32 Å². The van der Waals surface area contributed by atoms with Gasteiger partial charge in [-0.2, -0.15) is 0 Å². The average Bonchev–Trinajstić information content (AvgIpc) is 2.23. The van der Waals surface area contributed by atoms with E-state index < -0.39 is 16.1 Å². The van der Waals surface area contributed by atoms with Gasteiger partial charge in [-0.1, -0.05) is 13.8 Å². The van der Waals surface area contributed by atoms with Crippen LogP contribution in [0.15, 0.2) is 23.1 Å². The summed E-state index contributed by atoms with van der Waals surface area (Å²) in [7, 11) is -3.80. The van der Waals surface area contributed by atoms with E-state index >= 15 is 0 Å². The van der Waals surface area contributed by atoms with Crippen molar-refractivity contribution >= 4 is 21.4 Å². The average molecular weight is 273 g/mol. The number of nitrogen functional groups attached to an aromatic ring is 1.